The molecule has 2 heterocycles. The van der Waals surface area contributed by atoms with Crippen LogP contribution in [0.5, 0.6) is 5.75 Å². The Labute approximate surface area is 171 Å². The van der Waals surface area contributed by atoms with Crippen LogP contribution in [0.25, 0.3) is 11.3 Å². The standard InChI is InChI=1S/C18H16F5N3O3S/c1-9-14(10-2-4-12(5-3-10)29-16(19)20)24-17(30-9)25-15(28)11-6-13(27)26(7-11)8-18(21,22)23/h2-5,11,16H,6-8H2,1H3,(H,24,25,28). The maximum Gasteiger partial charge on any atom is 0.406 e. The number of halogens is 5. The lowest BCUT2D eigenvalue weighted by Crippen LogP contribution is -2.36. The van der Waals surface area contributed by atoms with Crippen molar-refractivity contribution in [1.82, 2.24) is 9.88 Å². The topological polar surface area (TPSA) is 71.5 Å². The van der Waals surface area contributed by atoms with E-state index in [2.05, 4.69) is 15.0 Å². The number of ether oxygens (including phenoxy) is 1. The molecule has 0 aliphatic carbocycles. The van der Waals surface area contributed by atoms with Crippen molar-refractivity contribution in [3.63, 3.8) is 0 Å². The molecule has 0 saturated carbocycles. The van der Waals surface area contributed by atoms with Crippen molar-refractivity contribution in [3.8, 4) is 17.0 Å². The quantitative estimate of drug-likeness (QED) is 0.675. The van der Waals surface area contributed by atoms with Gasteiger partial charge in [-0.25, -0.2) is 4.98 Å². The Bertz CT molecular complexity index is 930. The molecule has 0 spiro atoms. The normalized spacial score (nSPS) is 17.0. The Morgan fingerprint density at radius 1 is 1.33 bits per heavy atom. The number of likely N-dealkylation sites (tertiary alicyclic amines) is 1. The molecule has 1 unspecified atom stereocenters. The first-order chi connectivity index (χ1) is 14.0. The summed E-state index contributed by atoms with van der Waals surface area (Å²) >= 11 is 1.15. The van der Waals surface area contributed by atoms with Gasteiger partial charge in [-0.2, -0.15) is 22.0 Å². The highest BCUT2D eigenvalue weighted by Gasteiger charge is 2.40. The Kier molecular flexibility index (Phi) is 6.25. The smallest absolute Gasteiger partial charge is 0.406 e. The fourth-order valence-corrected chi connectivity index (χ4v) is 3.88. The van der Waals surface area contributed by atoms with Gasteiger partial charge in [0.2, 0.25) is 11.8 Å². The summed E-state index contributed by atoms with van der Waals surface area (Å²) in [5.41, 5.74) is 1.12. The van der Waals surface area contributed by atoms with Gasteiger partial charge >= 0.3 is 12.8 Å². The second-order valence-electron chi connectivity index (χ2n) is 6.61. The number of hydrogen-bond donors (Lipinski definition) is 1. The van der Waals surface area contributed by atoms with Gasteiger partial charge in [0.05, 0.1) is 11.6 Å². The summed E-state index contributed by atoms with van der Waals surface area (Å²) in [5.74, 6) is -2.23. The number of hydrogen-bond acceptors (Lipinski definition) is 5. The summed E-state index contributed by atoms with van der Waals surface area (Å²) in [7, 11) is 0. The van der Waals surface area contributed by atoms with Crippen LogP contribution in [0.3, 0.4) is 0 Å². The Balaban J connectivity index is 1.66. The molecule has 1 saturated heterocycles. The highest BCUT2D eigenvalue weighted by atomic mass is 32.1. The molecular weight excluding hydrogens is 433 g/mol. The number of anilines is 1. The van der Waals surface area contributed by atoms with Crippen LogP contribution < -0.4 is 10.1 Å². The minimum Gasteiger partial charge on any atom is -0.435 e. The van der Waals surface area contributed by atoms with Crippen LogP contribution in [0.1, 0.15) is 11.3 Å². The van der Waals surface area contributed by atoms with E-state index in [9.17, 15) is 31.5 Å². The Morgan fingerprint density at radius 2 is 2.00 bits per heavy atom. The van der Waals surface area contributed by atoms with Crippen LogP contribution in [0.2, 0.25) is 0 Å². The Hall–Kier alpha value is -2.76. The molecule has 1 aromatic carbocycles. The van der Waals surface area contributed by atoms with Crippen molar-refractivity contribution < 1.29 is 36.3 Å². The van der Waals surface area contributed by atoms with Crippen molar-refractivity contribution in [3.05, 3.63) is 29.1 Å². The van der Waals surface area contributed by atoms with Crippen molar-refractivity contribution >= 4 is 28.3 Å². The van der Waals surface area contributed by atoms with E-state index in [1.807, 2.05) is 0 Å². The van der Waals surface area contributed by atoms with Gasteiger partial charge in [-0.15, -0.1) is 11.3 Å². The zero-order chi connectivity index (χ0) is 22.1. The molecule has 0 bridgehead atoms. The molecular formula is C18H16F5N3O3S. The lowest BCUT2D eigenvalue weighted by molar-refractivity contribution is -0.157. The number of carbonyl (C=O) groups excluding carboxylic acids is 2. The maximum absolute atomic E-state index is 12.5. The zero-order valence-corrected chi connectivity index (χ0v) is 16.3. The van der Waals surface area contributed by atoms with Crippen molar-refractivity contribution in [1.29, 1.82) is 0 Å². The van der Waals surface area contributed by atoms with Gasteiger partial charge in [-0.1, -0.05) is 0 Å². The number of alkyl halides is 5. The molecule has 2 aromatic rings. The molecule has 1 aliphatic heterocycles. The number of amides is 2. The molecule has 30 heavy (non-hydrogen) atoms. The van der Waals surface area contributed by atoms with Crippen LogP contribution >= 0.6 is 11.3 Å². The second-order valence-corrected chi connectivity index (χ2v) is 7.81. The first-order valence-electron chi connectivity index (χ1n) is 8.70. The van der Waals surface area contributed by atoms with Gasteiger partial charge in [0, 0.05) is 23.4 Å². The largest absolute Gasteiger partial charge is 0.435 e. The number of aromatic nitrogens is 1. The van der Waals surface area contributed by atoms with Crippen LogP contribution in [0.4, 0.5) is 27.1 Å². The molecule has 0 radical (unpaired) electrons. The number of rotatable bonds is 6. The minimum atomic E-state index is -4.53. The predicted molar refractivity (Wildman–Crippen MR) is 98.3 cm³/mol. The SMILES string of the molecule is Cc1sc(NC(=O)C2CC(=O)N(CC(F)(F)F)C2)nc1-c1ccc(OC(F)F)cc1. The summed E-state index contributed by atoms with van der Waals surface area (Å²) in [6.45, 7) is -2.89. The van der Waals surface area contributed by atoms with Crippen molar-refractivity contribution in [2.75, 3.05) is 18.4 Å². The van der Waals surface area contributed by atoms with Gasteiger partial charge in [-0.05, 0) is 31.2 Å². The van der Waals surface area contributed by atoms with E-state index in [1.54, 1.807) is 6.92 Å². The van der Waals surface area contributed by atoms with Crippen LogP contribution in [-0.4, -0.2) is 47.6 Å². The van der Waals surface area contributed by atoms with Crippen LogP contribution in [0, 0.1) is 12.8 Å². The average molecular weight is 449 g/mol. The zero-order valence-electron chi connectivity index (χ0n) is 15.5. The van der Waals surface area contributed by atoms with E-state index < -0.39 is 37.1 Å². The molecule has 162 valence electrons. The van der Waals surface area contributed by atoms with Gasteiger partial charge in [0.15, 0.2) is 5.13 Å². The monoisotopic (exact) mass is 449 g/mol. The lowest BCUT2D eigenvalue weighted by atomic mass is 10.1. The summed E-state index contributed by atoms with van der Waals surface area (Å²) in [5, 5.41) is 2.76. The van der Waals surface area contributed by atoms with Crippen molar-refractivity contribution in [2.45, 2.75) is 26.1 Å². The Morgan fingerprint density at radius 3 is 2.60 bits per heavy atom. The summed E-state index contributed by atoms with van der Waals surface area (Å²) in [4.78, 5) is 29.8. The molecule has 12 heteroatoms. The van der Waals surface area contributed by atoms with Crippen LogP contribution in [-0.2, 0) is 9.59 Å². The van der Waals surface area contributed by atoms with E-state index in [-0.39, 0.29) is 23.8 Å². The van der Waals surface area contributed by atoms with E-state index in [0.717, 1.165) is 16.2 Å². The maximum atomic E-state index is 12.5. The molecule has 6 nitrogen and oxygen atoms in total. The number of aryl methyl sites for hydroxylation is 1. The molecule has 1 aromatic heterocycles. The molecule has 1 fully saturated rings. The summed E-state index contributed by atoms with van der Waals surface area (Å²) in [6, 6.07) is 5.79. The number of nitrogens with zero attached hydrogens (tertiary/aromatic N) is 2. The van der Waals surface area contributed by atoms with Gasteiger partial charge in [0.1, 0.15) is 12.3 Å². The third kappa shape index (κ3) is 5.43. The van der Waals surface area contributed by atoms with Gasteiger partial charge in [0.25, 0.3) is 0 Å². The van der Waals surface area contributed by atoms with E-state index in [4.69, 9.17) is 0 Å². The summed E-state index contributed by atoms with van der Waals surface area (Å²) < 4.78 is 66.3. The predicted octanol–water partition coefficient (Wildman–Crippen LogP) is 4.07. The van der Waals surface area contributed by atoms with E-state index >= 15 is 0 Å². The fraction of sp³-hybridized carbons (Fsp3) is 0.389. The first kappa shape index (κ1) is 21.9. The molecule has 1 N–H and O–H groups in total. The highest BCUT2D eigenvalue weighted by Crippen LogP contribution is 2.32. The third-order valence-corrected chi connectivity index (χ3v) is 5.22. The summed E-state index contributed by atoms with van der Waals surface area (Å²) in [6.07, 6.45) is -4.83. The number of benzene rings is 1. The van der Waals surface area contributed by atoms with E-state index in [0.29, 0.717) is 16.2 Å². The van der Waals surface area contributed by atoms with Gasteiger partial charge in [-0.3, -0.25) is 9.59 Å². The fourth-order valence-electron chi connectivity index (χ4n) is 3.04. The molecule has 2 amide bonds. The number of carbonyl (C=O) groups is 2. The first-order valence-corrected chi connectivity index (χ1v) is 9.51. The van der Waals surface area contributed by atoms with Crippen LogP contribution in [0.15, 0.2) is 24.3 Å². The molecule has 1 aliphatic rings. The highest BCUT2D eigenvalue weighted by molar-refractivity contribution is 7.16. The number of thiazole rings is 1. The minimum absolute atomic E-state index is 0.00975. The second kappa shape index (κ2) is 8.54. The number of nitrogens with one attached hydrogen (secondary N) is 1. The molecule has 1 atom stereocenters. The third-order valence-electron chi connectivity index (χ3n) is 4.34. The van der Waals surface area contributed by atoms with Crippen molar-refractivity contribution in [2.24, 2.45) is 5.92 Å². The molecule has 3 rings (SSSR count). The average Bonchev–Trinajstić information content (AvgIpc) is 3.16. The van der Waals surface area contributed by atoms with Gasteiger partial charge < -0.3 is 15.0 Å². The van der Waals surface area contributed by atoms with E-state index in [1.165, 1.54) is 24.3 Å². The lowest BCUT2D eigenvalue weighted by Gasteiger charge is -2.18.